The van der Waals surface area contributed by atoms with Crippen LogP contribution in [0, 0.1) is 0 Å². The lowest BCUT2D eigenvalue weighted by Crippen LogP contribution is -2.00. The van der Waals surface area contributed by atoms with E-state index in [1.807, 2.05) is 36.4 Å². The summed E-state index contributed by atoms with van der Waals surface area (Å²) in [6, 6.07) is 11.5. The van der Waals surface area contributed by atoms with Gasteiger partial charge < -0.3 is 13.9 Å². The fourth-order valence-electron chi connectivity index (χ4n) is 1.46. The van der Waals surface area contributed by atoms with Crippen LogP contribution < -0.4 is 9.47 Å². The molecule has 0 bridgehead atoms. The molecule has 0 atom stereocenters. The van der Waals surface area contributed by atoms with Crippen molar-refractivity contribution in [2.45, 2.75) is 5.75 Å². The smallest absolute Gasteiger partial charge is 0.119 e. The molecule has 0 saturated heterocycles. The van der Waals surface area contributed by atoms with Crippen molar-refractivity contribution in [2.24, 2.45) is 0 Å². The first-order chi connectivity index (χ1) is 8.88. The lowest BCUT2D eigenvalue weighted by molar-refractivity contribution is 0.342. The normalized spacial score (nSPS) is 10.3. The first-order valence-electron chi connectivity index (χ1n) is 5.75. The van der Waals surface area contributed by atoms with E-state index in [0.717, 1.165) is 28.8 Å². The molecular formula is C14H16O3S. The second-order valence-electron chi connectivity index (χ2n) is 3.66. The molecule has 2 rings (SSSR count). The Morgan fingerprint density at radius 1 is 1.11 bits per heavy atom. The number of hydrogen-bond donors (Lipinski definition) is 0. The molecule has 1 heterocycles. The summed E-state index contributed by atoms with van der Waals surface area (Å²) in [7, 11) is 1.65. The van der Waals surface area contributed by atoms with Gasteiger partial charge in [0.1, 0.15) is 17.3 Å². The van der Waals surface area contributed by atoms with Crippen LogP contribution in [0.15, 0.2) is 47.1 Å². The molecule has 0 spiro atoms. The molecule has 96 valence electrons. The number of thioether (sulfide) groups is 1. The van der Waals surface area contributed by atoms with Crippen molar-refractivity contribution in [2.75, 3.05) is 19.5 Å². The summed E-state index contributed by atoms with van der Waals surface area (Å²) >= 11 is 1.79. The quantitative estimate of drug-likeness (QED) is 0.715. The summed E-state index contributed by atoms with van der Waals surface area (Å²) in [5.74, 6) is 4.54. The highest BCUT2D eigenvalue weighted by Crippen LogP contribution is 2.18. The molecule has 18 heavy (non-hydrogen) atoms. The van der Waals surface area contributed by atoms with Gasteiger partial charge in [0, 0.05) is 5.75 Å². The first kappa shape index (κ1) is 12.9. The second kappa shape index (κ2) is 7.01. The summed E-state index contributed by atoms with van der Waals surface area (Å²) in [4.78, 5) is 0. The number of methoxy groups -OCH3 is 1. The highest BCUT2D eigenvalue weighted by atomic mass is 32.2. The van der Waals surface area contributed by atoms with Gasteiger partial charge in [-0.3, -0.25) is 0 Å². The van der Waals surface area contributed by atoms with Crippen LogP contribution in [0.3, 0.4) is 0 Å². The molecule has 1 aromatic carbocycles. The molecule has 0 radical (unpaired) electrons. The van der Waals surface area contributed by atoms with Gasteiger partial charge in [0.05, 0.1) is 25.7 Å². The maximum Gasteiger partial charge on any atom is 0.119 e. The van der Waals surface area contributed by atoms with Crippen molar-refractivity contribution < 1.29 is 13.9 Å². The van der Waals surface area contributed by atoms with E-state index >= 15 is 0 Å². The van der Waals surface area contributed by atoms with Gasteiger partial charge >= 0.3 is 0 Å². The molecule has 0 N–H and O–H groups in total. The molecular weight excluding hydrogens is 248 g/mol. The standard InChI is InChI=1S/C14H16O3S/c1-15-12-4-6-13(7-5-12)17-9-10-18-11-14-3-2-8-16-14/h2-8H,9-11H2,1H3. The summed E-state index contributed by atoms with van der Waals surface area (Å²) in [5.41, 5.74) is 0. The summed E-state index contributed by atoms with van der Waals surface area (Å²) < 4.78 is 15.9. The van der Waals surface area contributed by atoms with Gasteiger partial charge in [-0.2, -0.15) is 11.8 Å². The summed E-state index contributed by atoms with van der Waals surface area (Å²) in [5, 5.41) is 0. The number of ether oxygens (including phenoxy) is 2. The highest BCUT2D eigenvalue weighted by molar-refractivity contribution is 7.98. The predicted molar refractivity (Wildman–Crippen MR) is 73.4 cm³/mol. The van der Waals surface area contributed by atoms with Gasteiger partial charge in [-0.15, -0.1) is 0 Å². The van der Waals surface area contributed by atoms with Crippen molar-refractivity contribution in [3.63, 3.8) is 0 Å². The molecule has 0 unspecified atom stereocenters. The zero-order valence-corrected chi connectivity index (χ0v) is 11.1. The lowest BCUT2D eigenvalue weighted by Gasteiger charge is -2.06. The second-order valence-corrected chi connectivity index (χ2v) is 4.76. The van der Waals surface area contributed by atoms with Crippen LogP contribution in [-0.4, -0.2) is 19.5 Å². The molecule has 2 aromatic rings. The van der Waals surface area contributed by atoms with E-state index in [0.29, 0.717) is 6.61 Å². The SMILES string of the molecule is COc1ccc(OCCSCc2ccco2)cc1. The van der Waals surface area contributed by atoms with E-state index in [9.17, 15) is 0 Å². The third kappa shape index (κ3) is 4.04. The predicted octanol–water partition coefficient (Wildman–Crippen LogP) is 3.60. The van der Waals surface area contributed by atoms with Gasteiger partial charge in [-0.1, -0.05) is 0 Å². The van der Waals surface area contributed by atoms with Crippen LogP contribution in [0.25, 0.3) is 0 Å². The van der Waals surface area contributed by atoms with Gasteiger partial charge in [-0.05, 0) is 36.4 Å². The van der Waals surface area contributed by atoms with Crippen LogP contribution in [0.5, 0.6) is 11.5 Å². The number of rotatable bonds is 7. The largest absolute Gasteiger partial charge is 0.497 e. The van der Waals surface area contributed by atoms with Gasteiger partial charge in [0.25, 0.3) is 0 Å². The molecule has 3 nitrogen and oxygen atoms in total. The monoisotopic (exact) mass is 264 g/mol. The Kier molecular flexibility index (Phi) is 5.02. The van der Waals surface area contributed by atoms with E-state index in [1.165, 1.54) is 0 Å². The molecule has 1 aromatic heterocycles. The first-order valence-corrected chi connectivity index (χ1v) is 6.91. The van der Waals surface area contributed by atoms with Crippen LogP contribution in [0.4, 0.5) is 0 Å². The van der Waals surface area contributed by atoms with E-state index in [2.05, 4.69) is 0 Å². The van der Waals surface area contributed by atoms with Crippen molar-refractivity contribution in [1.82, 2.24) is 0 Å². The Hall–Kier alpha value is -1.55. The molecule has 0 aliphatic rings. The van der Waals surface area contributed by atoms with Crippen molar-refractivity contribution in [3.8, 4) is 11.5 Å². The number of benzene rings is 1. The van der Waals surface area contributed by atoms with Crippen molar-refractivity contribution >= 4 is 11.8 Å². The number of hydrogen-bond acceptors (Lipinski definition) is 4. The maximum absolute atomic E-state index is 5.62. The van der Waals surface area contributed by atoms with Gasteiger partial charge in [-0.25, -0.2) is 0 Å². The maximum atomic E-state index is 5.62. The van der Waals surface area contributed by atoms with E-state index in [4.69, 9.17) is 13.9 Å². The lowest BCUT2D eigenvalue weighted by atomic mass is 10.3. The summed E-state index contributed by atoms with van der Waals surface area (Å²) in [6.45, 7) is 0.692. The third-order valence-corrected chi connectivity index (χ3v) is 3.32. The molecule has 4 heteroatoms. The van der Waals surface area contributed by atoms with Crippen LogP contribution >= 0.6 is 11.8 Å². The van der Waals surface area contributed by atoms with Crippen LogP contribution in [0.1, 0.15) is 5.76 Å². The average Bonchev–Trinajstić information content (AvgIpc) is 2.92. The van der Waals surface area contributed by atoms with E-state index < -0.39 is 0 Å². The van der Waals surface area contributed by atoms with Crippen LogP contribution in [0.2, 0.25) is 0 Å². The Morgan fingerprint density at radius 3 is 2.56 bits per heavy atom. The van der Waals surface area contributed by atoms with Gasteiger partial charge in [0.2, 0.25) is 0 Å². The topological polar surface area (TPSA) is 31.6 Å². The fraction of sp³-hybridized carbons (Fsp3) is 0.286. The number of furan rings is 1. The van der Waals surface area contributed by atoms with Gasteiger partial charge in [0.15, 0.2) is 0 Å². The minimum atomic E-state index is 0.692. The Labute approximate surface area is 111 Å². The van der Waals surface area contributed by atoms with Crippen LogP contribution in [-0.2, 0) is 5.75 Å². The average molecular weight is 264 g/mol. The molecule has 0 saturated carbocycles. The Balaban J connectivity index is 1.62. The molecule has 0 amide bonds. The van der Waals surface area contributed by atoms with E-state index in [-0.39, 0.29) is 0 Å². The third-order valence-electron chi connectivity index (χ3n) is 2.38. The minimum Gasteiger partial charge on any atom is -0.497 e. The zero-order chi connectivity index (χ0) is 12.6. The van der Waals surface area contributed by atoms with E-state index in [1.54, 1.807) is 25.1 Å². The van der Waals surface area contributed by atoms with Crippen molar-refractivity contribution in [3.05, 3.63) is 48.4 Å². The summed E-state index contributed by atoms with van der Waals surface area (Å²) in [6.07, 6.45) is 1.70. The Morgan fingerprint density at radius 2 is 1.89 bits per heavy atom. The molecule has 0 aliphatic carbocycles. The molecule has 0 fully saturated rings. The zero-order valence-electron chi connectivity index (χ0n) is 10.3. The fourth-order valence-corrected chi connectivity index (χ4v) is 2.17. The highest BCUT2D eigenvalue weighted by Gasteiger charge is 1.97. The minimum absolute atomic E-state index is 0.692. The molecule has 0 aliphatic heterocycles. The Bertz CT molecular complexity index is 437. The van der Waals surface area contributed by atoms with Crippen molar-refractivity contribution in [1.29, 1.82) is 0 Å².